The van der Waals surface area contributed by atoms with Gasteiger partial charge >= 0.3 is 5.97 Å². The molecule has 0 aliphatic rings. The van der Waals surface area contributed by atoms with Gasteiger partial charge in [0.1, 0.15) is 0 Å². The van der Waals surface area contributed by atoms with Crippen molar-refractivity contribution < 1.29 is 18.3 Å². The molecule has 4 nitrogen and oxygen atoms in total. The molecule has 0 saturated carbocycles. The molecular weight excluding hydrogens is 240 g/mol. The van der Waals surface area contributed by atoms with Crippen LogP contribution in [0.2, 0.25) is 5.02 Å². The average molecular weight is 249 g/mol. The number of sulfone groups is 1. The summed E-state index contributed by atoms with van der Waals surface area (Å²) in [4.78, 5) is 10.7. The Morgan fingerprint density at radius 2 is 2.07 bits per heavy atom. The minimum absolute atomic E-state index is 0.0215. The first-order chi connectivity index (χ1) is 6.88. The van der Waals surface area contributed by atoms with Gasteiger partial charge in [0.2, 0.25) is 0 Å². The Balaban J connectivity index is 3.38. The molecule has 1 aromatic carbocycles. The largest absolute Gasteiger partial charge is 0.478 e. The normalized spacial score (nSPS) is 11.3. The van der Waals surface area contributed by atoms with Crippen LogP contribution in [0.15, 0.2) is 23.1 Å². The molecule has 1 aromatic rings. The van der Waals surface area contributed by atoms with Crippen LogP contribution in [0.4, 0.5) is 0 Å². The molecule has 0 saturated heterocycles. The molecule has 0 atom stereocenters. The number of halogens is 1. The summed E-state index contributed by atoms with van der Waals surface area (Å²) in [5, 5.41) is 8.77. The standard InChI is InChI=1S/C9H9ClO4S/c1-2-15(13,14)6-3-4-8(10)7(5-6)9(11)12/h3-5H,2H2,1H3,(H,11,12). The summed E-state index contributed by atoms with van der Waals surface area (Å²) in [5.41, 5.74) is -0.203. The smallest absolute Gasteiger partial charge is 0.337 e. The molecule has 0 heterocycles. The Morgan fingerprint density at radius 3 is 2.53 bits per heavy atom. The molecule has 0 amide bonds. The first kappa shape index (κ1) is 12.0. The molecule has 15 heavy (non-hydrogen) atoms. The maximum atomic E-state index is 11.5. The Hall–Kier alpha value is -1.07. The van der Waals surface area contributed by atoms with Crippen molar-refractivity contribution in [3.8, 4) is 0 Å². The molecule has 0 aliphatic carbocycles. The van der Waals surface area contributed by atoms with Crippen molar-refractivity contribution in [1.82, 2.24) is 0 Å². The van der Waals surface area contributed by atoms with Crippen LogP contribution in [0.1, 0.15) is 17.3 Å². The third-order valence-corrected chi connectivity index (χ3v) is 3.97. The van der Waals surface area contributed by atoms with Crippen molar-refractivity contribution in [3.05, 3.63) is 28.8 Å². The summed E-state index contributed by atoms with van der Waals surface area (Å²) < 4.78 is 22.9. The van der Waals surface area contributed by atoms with E-state index in [4.69, 9.17) is 16.7 Å². The van der Waals surface area contributed by atoms with Crippen molar-refractivity contribution in [1.29, 1.82) is 0 Å². The monoisotopic (exact) mass is 248 g/mol. The van der Waals surface area contributed by atoms with Crippen molar-refractivity contribution >= 4 is 27.4 Å². The van der Waals surface area contributed by atoms with Gasteiger partial charge in [-0.2, -0.15) is 0 Å². The first-order valence-corrected chi connectivity index (χ1v) is 6.17. The summed E-state index contributed by atoms with van der Waals surface area (Å²) in [5.74, 6) is -1.32. The number of carbonyl (C=O) groups is 1. The van der Waals surface area contributed by atoms with E-state index in [0.29, 0.717) is 0 Å². The van der Waals surface area contributed by atoms with Gasteiger partial charge < -0.3 is 5.11 Å². The quantitative estimate of drug-likeness (QED) is 0.886. The average Bonchev–Trinajstić information content (AvgIpc) is 2.17. The van der Waals surface area contributed by atoms with Gasteiger partial charge in [-0.15, -0.1) is 0 Å². The molecule has 0 aromatic heterocycles. The fourth-order valence-electron chi connectivity index (χ4n) is 1.03. The van der Waals surface area contributed by atoms with Gasteiger partial charge in [-0.1, -0.05) is 18.5 Å². The summed E-state index contributed by atoms with van der Waals surface area (Å²) in [6.07, 6.45) is 0. The molecule has 0 radical (unpaired) electrons. The highest BCUT2D eigenvalue weighted by Gasteiger charge is 2.16. The molecule has 0 unspecified atom stereocenters. The van der Waals surface area contributed by atoms with E-state index in [0.717, 1.165) is 6.07 Å². The number of aromatic carboxylic acids is 1. The lowest BCUT2D eigenvalue weighted by Gasteiger charge is -2.03. The number of carboxylic acid groups (broad SMARTS) is 1. The second-order valence-electron chi connectivity index (χ2n) is 2.85. The number of rotatable bonds is 3. The molecule has 0 bridgehead atoms. The van der Waals surface area contributed by atoms with Crippen LogP contribution in [0.25, 0.3) is 0 Å². The lowest BCUT2D eigenvalue weighted by Crippen LogP contribution is -2.06. The zero-order valence-corrected chi connectivity index (χ0v) is 9.47. The van der Waals surface area contributed by atoms with Gasteiger partial charge in [0, 0.05) is 0 Å². The highest BCUT2D eigenvalue weighted by molar-refractivity contribution is 7.91. The Morgan fingerprint density at radius 1 is 1.47 bits per heavy atom. The van der Waals surface area contributed by atoms with Crippen molar-refractivity contribution in [2.24, 2.45) is 0 Å². The van der Waals surface area contributed by atoms with Crippen LogP contribution in [0, 0.1) is 0 Å². The molecule has 1 N–H and O–H groups in total. The lowest BCUT2D eigenvalue weighted by atomic mass is 10.2. The predicted octanol–water partition coefficient (Wildman–Crippen LogP) is 1.83. The van der Waals surface area contributed by atoms with Crippen molar-refractivity contribution in [2.45, 2.75) is 11.8 Å². The van der Waals surface area contributed by atoms with E-state index in [-0.39, 0.29) is 21.2 Å². The fraction of sp³-hybridized carbons (Fsp3) is 0.222. The highest BCUT2D eigenvalue weighted by atomic mass is 35.5. The third-order valence-electron chi connectivity index (χ3n) is 1.91. The van der Waals surface area contributed by atoms with E-state index in [1.54, 1.807) is 0 Å². The molecule has 1 rings (SSSR count). The molecule has 0 spiro atoms. The topological polar surface area (TPSA) is 71.4 Å². The van der Waals surface area contributed by atoms with Crippen LogP contribution in [0.3, 0.4) is 0 Å². The molecule has 0 aliphatic heterocycles. The zero-order valence-electron chi connectivity index (χ0n) is 7.90. The van der Waals surface area contributed by atoms with Crippen molar-refractivity contribution in [2.75, 3.05) is 5.75 Å². The van der Waals surface area contributed by atoms with Crippen LogP contribution in [-0.4, -0.2) is 25.2 Å². The number of hydrogen-bond acceptors (Lipinski definition) is 3. The highest BCUT2D eigenvalue weighted by Crippen LogP contribution is 2.21. The van der Waals surface area contributed by atoms with Crippen molar-refractivity contribution in [3.63, 3.8) is 0 Å². The summed E-state index contributed by atoms with van der Waals surface area (Å²) >= 11 is 5.61. The van der Waals surface area contributed by atoms with Gasteiger partial charge in [0.15, 0.2) is 9.84 Å². The van der Waals surface area contributed by atoms with E-state index in [1.165, 1.54) is 19.1 Å². The maximum absolute atomic E-state index is 11.5. The van der Waals surface area contributed by atoms with E-state index < -0.39 is 15.8 Å². The second kappa shape index (κ2) is 4.20. The summed E-state index contributed by atoms with van der Waals surface area (Å²) in [6, 6.07) is 3.64. The molecule has 82 valence electrons. The van der Waals surface area contributed by atoms with Crippen LogP contribution in [-0.2, 0) is 9.84 Å². The number of benzene rings is 1. The van der Waals surface area contributed by atoms with Gasteiger partial charge in [0.05, 0.1) is 21.2 Å². The first-order valence-electron chi connectivity index (χ1n) is 4.14. The minimum Gasteiger partial charge on any atom is -0.478 e. The minimum atomic E-state index is -3.39. The van der Waals surface area contributed by atoms with Crippen LogP contribution < -0.4 is 0 Å². The summed E-state index contributed by atoms with van der Waals surface area (Å²) in [7, 11) is -3.39. The lowest BCUT2D eigenvalue weighted by molar-refractivity contribution is 0.0697. The SMILES string of the molecule is CCS(=O)(=O)c1ccc(Cl)c(C(=O)O)c1. The van der Waals surface area contributed by atoms with Crippen LogP contribution in [0.5, 0.6) is 0 Å². The van der Waals surface area contributed by atoms with Gasteiger partial charge in [-0.05, 0) is 18.2 Å². The van der Waals surface area contributed by atoms with Gasteiger partial charge in [-0.3, -0.25) is 0 Å². The maximum Gasteiger partial charge on any atom is 0.337 e. The van der Waals surface area contributed by atoms with E-state index >= 15 is 0 Å². The Kier molecular flexibility index (Phi) is 3.36. The Bertz CT molecular complexity index is 493. The fourth-order valence-corrected chi connectivity index (χ4v) is 2.13. The molecule has 0 fully saturated rings. The van der Waals surface area contributed by atoms with Gasteiger partial charge in [-0.25, -0.2) is 13.2 Å². The van der Waals surface area contributed by atoms with Gasteiger partial charge in [0.25, 0.3) is 0 Å². The van der Waals surface area contributed by atoms with Crippen LogP contribution >= 0.6 is 11.6 Å². The summed E-state index contributed by atoms with van der Waals surface area (Å²) in [6.45, 7) is 1.49. The number of carboxylic acids is 1. The number of hydrogen-bond donors (Lipinski definition) is 1. The molecular formula is C9H9ClO4S. The van der Waals surface area contributed by atoms with E-state index in [9.17, 15) is 13.2 Å². The zero-order chi connectivity index (χ0) is 11.6. The molecule has 6 heteroatoms. The predicted molar refractivity (Wildman–Crippen MR) is 56.1 cm³/mol. The van der Waals surface area contributed by atoms with E-state index in [2.05, 4.69) is 0 Å². The third kappa shape index (κ3) is 2.49. The van der Waals surface area contributed by atoms with E-state index in [1.807, 2.05) is 0 Å². The second-order valence-corrected chi connectivity index (χ2v) is 5.54. The Labute approximate surface area is 92.4 Å².